The standard InChI is InChI=1S/C23H24F2N4O3S/c1-16-4-5-18(14-17(16)2)29-23(30)9-8-22(26-29)27-10-3-11-28(13-12-27)33(31,32)19-6-7-20(24)21(25)15-19/h4-9,14-15H,3,10-13H2,1-2H3. The lowest BCUT2D eigenvalue weighted by Gasteiger charge is -2.23. The van der Waals surface area contributed by atoms with Gasteiger partial charge in [-0.25, -0.2) is 17.2 Å². The van der Waals surface area contributed by atoms with Crippen molar-refractivity contribution in [3.05, 3.63) is 81.6 Å². The van der Waals surface area contributed by atoms with Crippen LogP contribution in [0, 0.1) is 25.5 Å². The molecule has 2 heterocycles. The SMILES string of the molecule is Cc1ccc(-n2nc(N3CCCN(S(=O)(=O)c4ccc(F)c(F)c4)CC3)ccc2=O)cc1C. The number of benzene rings is 2. The minimum atomic E-state index is -3.97. The fourth-order valence-electron chi connectivity index (χ4n) is 3.76. The lowest BCUT2D eigenvalue weighted by atomic mass is 10.1. The molecule has 0 amide bonds. The van der Waals surface area contributed by atoms with Crippen molar-refractivity contribution in [1.29, 1.82) is 0 Å². The first-order chi connectivity index (χ1) is 15.7. The monoisotopic (exact) mass is 474 g/mol. The second-order valence-electron chi connectivity index (χ2n) is 8.03. The lowest BCUT2D eigenvalue weighted by Crippen LogP contribution is -2.36. The highest BCUT2D eigenvalue weighted by atomic mass is 32.2. The molecule has 1 aromatic heterocycles. The molecule has 0 radical (unpaired) electrons. The number of hydrogen-bond acceptors (Lipinski definition) is 5. The van der Waals surface area contributed by atoms with Crippen LogP contribution in [0.5, 0.6) is 0 Å². The van der Waals surface area contributed by atoms with Crippen molar-refractivity contribution >= 4 is 15.8 Å². The first-order valence-corrected chi connectivity index (χ1v) is 12.0. The molecular weight excluding hydrogens is 450 g/mol. The van der Waals surface area contributed by atoms with Gasteiger partial charge in [0.25, 0.3) is 5.56 Å². The molecule has 7 nitrogen and oxygen atoms in total. The number of sulfonamides is 1. The molecule has 0 unspecified atom stereocenters. The molecule has 0 atom stereocenters. The van der Waals surface area contributed by atoms with Gasteiger partial charge in [0.1, 0.15) is 5.82 Å². The Hall–Kier alpha value is -3.11. The summed E-state index contributed by atoms with van der Waals surface area (Å²) >= 11 is 0. The van der Waals surface area contributed by atoms with E-state index < -0.39 is 21.7 Å². The van der Waals surface area contributed by atoms with Gasteiger partial charge < -0.3 is 4.90 Å². The van der Waals surface area contributed by atoms with E-state index in [0.717, 1.165) is 23.3 Å². The van der Waals surface area contributed by atoms with Crippen LogP contribution in [0.1, 0.15) is 17.5 Å². The van der Waals surface area contributed by atoms with Gasteiger partial charge in [-0.2, -0.15) is 8.99 Å². The van der Waals surface area contributed by atoms with Gasteiger partial charge >= 0.3 is 0 Å². The normalized spacial score (nSPS) is 15.5. The number of aryl methyl sites for hydroxylation is 2. The number of aromatic nitrogens is 2. The molecule has 1 saturated heterocycles. The molecule has 1 aliphatic rings. The van der Waals surface area contributed by atoms with Gasteiger partial charge in [-0.05, 0) is 67.8 Å². The first kappa shape index (κ1) is 23.1. The summed E-state index contributed by atoms with van der Waals surface area (Å²) in [5, 5.41) is 4.52. The van der Waals surface area contributed by atoms with E-state index in [9.17, 15) is 22.0 Å². The van der Waals surface area contributed by atoms with Gasteiger partial charge in [0.15, 0.2) is 11.6 Å². The quantitative estimate of drug-likeness (QED) is 0.581. The van der Waals surface area contributed by atoms with Gasteiger partial charge in [0.2, 0.25) is 10.0 Å². The van der Waals surface area contributed by atoms with Gasteiger partial charge in [-0.3, -0.25) is 4.79 Å². The largest absolute Gasteiger partial charge is 0.354 e. The molecule has 0 aliphatic carbocycles. The molecular formula is C23H24F2N4O3S. The first-order valence-electron chi connectivity index (χ1n) is 10.5. The fourth-order valence-corrected chi connectivity index (χ4v) is 5.24. The summed E-state index contributed by atoms with van der Waals surface area (Å²) in [5.74, 6) is -1.74. The zero-order valence-electron chi connectivity index (χ0n) is 18.3. The lowest BCUT2D eigenvalue weighted by molar-refractivity contribution is 0.431. The summed E-state index contributed by atoms with van der Waals surface area (Å²) in [6.07, 6.45) is 0.507. The third-order valence-electron chi connectivity index (χ3n) is 5.83. The van der Waals surface area contributed by atoms with E-state index in [1.54, 1.807) is 6.07 Å². The maximum Gasteiger partial charge on any atom is 0.271 e. The number of anilines is 1. The van der Waals surface area contributed by atoms with Crippen molar-refractivity contribution in [1.82, 2.24) is 14.1 Å². The molecule has 1 fully saturated rings. The maximum absolute atomic E-state index is 13.6. The zero-order chi connectivity index (χ0) is 23.8. The second-order valence-corrected chi connectivity index (χ2v) is 9.97. The highest BCUT2D eigenvalue weighted by Crippen LogP contribution is 2.22. The Kier molecular flexibility index (Phi) is 6.31. The molecule has 0 bridgehead atoms. The van der Waals surface area contributed by atoms with E-state index in [1.807, 2.05) is 36.9 Å². The molecule has 0 spiro atoms. The van der Waals surface area contributed by atoms with Crippen LogP contribution in [0.15, 0.2) is 58.2 Å². The maximum atomic E-state index is 13.6. The molecule has 2 aromatic carbocycles. The van der Waals surface area contributed by atoms with Gasteiger partial charge in [0.05, 0.1) is 10.6 Å². The van der Waals surface area contributed by atoms with Crippen molar-refractivity contribution in [2.75, 3.05) is 31.1 Å². The van der Waals surface area contributed by atoms with Crippen LogP contribution in [0.25, 0.3) is 5.69 Å². The Morgan fingerprint density at radius 3 is 2.36 bits per heavy atom. The molecule has 3 aromatic rings. The van der Waals surface area contributed by atoms with Gasteiger partial charge in [-0.1, -0.05) is 6.07 Å². The minimum Gasteiger partial charge on any atom is -0.354 e. The molecule has 33 heavy (non-hydrogen) atoms. The second kappa shape index (κ2) is 9.03. The average Bonchev–Trinajstić information content (AvgIpc) is 3.05. The Morgan fingerprint density at radius 1 is 0.848 bits per heavy atom. The van der Waals surface area contributed by atoms with E-state index in [4.69, 9.17) is 0 Å². The molecule has 0 N–H and O–H groups in total. The van der Waals surface area contributed by atoms with E-state index in [1.165, 1.54) is 15.1 Å². The van der Waals surface area contributed by atoms with Crippen LogP contribution in [-0.2, 0) is 10.0 Å². The molecule has 10 heteroatoms. The predicted octanol–water partition coefficient (Wildman–Crippen LogP) is 3.03. The zero-order valence-corrected chi connectivity index (χ0v) is 19.1. The van der Waals surface area contributed by atoms with E-state index in [0.29, 0.717) is 37.1 Å². The van der Waals surface area contributed by atoms with Gasteiger partial charge in [-0.15, -0.1) is 5.10 Å². The van der Waals surface area contributed by atoms with Gasteiger partial charge in [0, 0.05) is 32.2 Å². The summed E-state index contributed by atoms with van der Waals surface area (Å²) in [6, 6.07) is 11.3. The van der Waals surface area contributed by atoms with Crippen LogP contribution >= 0.6 is 0 Å². The van der Waals surface area contributed by atoms with E-state index >= 15 is 0 Å². The van der Waals surface area contributed by atoms with Crippen molar-refractivity contribution in [2.24, 2.45) is 0 Å². The van der Waals surface area contributed by atoms with E-state index in [2.05, 4.69) is 5.10 Å². The van der Waals surface area contributed by atoms with Crippen LogP contribution in [0.2, 0.25) is 0 Å². The number of halogens is 2. The van der Waals surface area contributed by atoms with Crippen LogP contribution in [0.3, 0.4) is 0 Å². The topological polar surface area (TPSA) is 75.5 Å². The highest BCUT2D eigenvalue weighted by Gasteiger charge is 2.28. The summed E-state index contributed by atoms with van der Waals surface area (Å²) < 4.78 is 55.3. The smallest absolute Gasteiger partial charge is 0.271 e. The van der Waals surface area contributed by atoms with Crippen molar-refractivity contribution < 1.29 is 17.2 Å². The van der Waals surface area contributed by atoms with Crippen LogP contribution in [0.4, 0.5) is 14.6 Å². The Labute approximate surface area is 190 Å². The number of hydrogen-bond donors (Lipinski definition) is 0. The van der Waals surface area contributed by atoms with E-state index in [-0.39, 0.29) is 23.5 Å². The number of rotatable bonds is 4. The summed E-state index contributed by atoms with van der Waals surface area (Å²) in [4.78, 5) is 14.1. The summed E-state index contributed by atoms with van der Waals surface area (Å²) in [6.45, 7) is 5.19. The third kappa shape index (κ3) is 4.67. The Bertz CT molecular complexity index is 1360. The Balaban J connectivity index is 1.57. The molecule has 1 aliphatic heterocycles. The summed E-state index contributed by atoms with van der Waals surface area (Å²) in [7, 11) is -3.97. The summed E-state index contributed by atoms with van der Waals surface area (Å²) in [5.41, 5.74) is 2.54. The fraction of sp³-hybridized carbons (Fsp3) is 0.304. The van der Waals surface area contributed by atoms with Crippen LogP contribution in [-0.4, -0.2) is 48.7 Å². The molecule has 174 valence electrons. The van der Waals surface area contributed by atoms with Crippen molar-refractivity contribution in [2.45, 2.75) is 25.2 Å². The molecule has 0 saturated carbocycles. The minimum absolute atomic E-state index is 0.145. The average molecular weight is 475 g/mol. The third-order valence-corrected chi connectivity index (χ3v) is 7.72. The molecule has 4 rings (SSSR count). The van der Waals surface area contributed by atoms with Crippen LogP contribution < -0.4 is 10.5 Å². The van der Waals surface area contributed by atoms with Crippen molar-refractivity contribution in [3.63, 3.8) is 0 Å². The predicted molar refractivity (Wildman–Crippen MR) is 121 cm³/mol. The van der Waals surface area contributed by atoms with Crippen molar-refractivity contribution in [3.8, 4) is 5.69 Å². The number of nitrogens with zero attached hydrogens (tertiary/aromatic N) is 4. The Morgan fingerprint density at radius 2 is 1.64 bits per heavy atom. The highest BCUT2D eigenvalue weighted by molar-refractivity contribution is 7.89.